The minimum Gasteiger partial charge on any atom is -0.479 e. The van der Waals surface area contributed by atoms with Gasteiger partial charge in [0.2, 0.25) is 11.8 Å². The van der Waals surface area contributed by atoms with Crippen molar-refractivity contribution in [2.45, 2.75) is 25.4 Å². The largest absolute Gasteiger partial charge is 0.479 e. The Kier molecular flexibility index (Phi) is 3.92. The molecule has 0 bridgehead atoms. The SMILES string of the molecule is O=C(O)COc1cc2c(cc1F)C(=O)N(C1CCC(=O)NC1=O)C2. The Hall–Kier alpha value is -2.97. The highest BCUT2D eigenvalue weighted by Crippen LogP contribution is 2.31. The van der Waals surface area contributed by atoms with E-state index >= 15 is 0 Å². The van der Waals surface area contributed by atoms with Crippen LogP contribution in [-0.4, -0.2) is 46.3 Å². The second-order valence-corrected chi connectivity index (χ2v) is 5.52. The van der Waals surface area contributed by atoms with Crippen LogP contribution >= 0.6 is 0 Å². The number of rotatable bonds is 4. The number of hydrogen-bond donors (Lipinski definition) is 2. The number of carbonyl (C=O) groups is 4. The lowest BCUT2D eigenvalue weighted by atomic mass is 10.0. The average molecular weight is 336 g/mol. The average Bonchev–Trinajstić information content (AvgIpc) is 2.81. The zero-order valence-electron chi connectivity index (χ0n) is 12.4. The van der Waals surface area contributed by atoms with Crippen LogP contribution in [-0.2, 0) is 20.9 Å². The molecule has 2 aliphatic rings. The smallest absolute Gasteiger partial charge is 0.341 e. The number of carbonyl (C=O) groups excluding carboxylic acids is 3. The molecule has 1 atom stereocenters. The van der Waals surface area contributed by atoms with Crippen molar-refractivity contribution in [2.24, 2.45) is 0 Å². The standard InChI is InChI=1S/C15H13FN2O6/c16-9-4-8-7(3-11(9)24-6-13(20)21)5-18(15(8)23)10-1-2-12(19)17-14(10)22/h3-4,10H,1-2,5-6H2,(H,20,21)(H,17,19,22). The van der Waals surface area contributed by atoms with E-state index in [2.05, 4.69) is 5.32 Å². The first kappa shape index (κ1) is 15.9. The molecule has 1 fully saturated rings. The van der Waals surface area contributed by atoms with Gasteiger partial charge in [-0.05, 0) is 24.1 Å². The molecule has 0 spiro atoms. The van der Waals surface area contributed by atoms with E-state index in [9.17, 15) is 23.6 Å². The zero-order chi connectivity index (χ0) is 17.4. The summed E-state index contributed by atoms with van der Waals surface area (Å²) in [5.41, 5.74) is 0.534. The molecular formula is C15H13FN2O6. The molecule has 3 rings (SSSR count). The molecule has 24 heavy (non-hydrogen) atoms. The van der Waals surface area contributed by atoms with Crippen LogP contribution in [0, 0.1) is 5.82 Å². The van der Waals surface area contributed by atoms with Gasteiger partial charge in [0.15, 0.2) is 18.2 Å². The third kappa shape index (κ3) is 2.80. The van der Waals surface area contributed by atoms with Crippen molar-refractivity contribution < 1.29 is 33.4 Å². The first-order valence-electron chi connectivity index (χ1n) is 7.18. The summed E-state index contributed by atoms with van der Waals surface area (Å²) in [4.78, 5) is 47.3. The van der Waals surface area contributed by atoms with Crippen molar-refractivity contribution in [3.8, 4) is 5.75 Å². The zero-order valence-corrected chi connectivity index (χ0v) is 12.4. The maximum atomic E-state index is 14.0. The summed E-state index contributed by atoms with van der Waals surface area (Å²) in [6.45, 7) is -0.648. The Labute approximate surface area is 135 Å². The van der Waals surface area contributed by atoms with Crippen LogP contribution in [0.1, 0.15) is 28.8 Å². The summed E-state index contributed by atoms with van der Waals surface area (Å²) in [5, 5.41) is 10.8. The van der Waals surface area contributed by atoms with Gasteiger partial charge in [0.25, 0.3) is 5.91 Å². The fourth-order valence-electron chi connectivity index (χ4n) is 2.82. The highest BCUT2D eigenvalue weighted by molar-refractivity contribution is 6.05. The van der Waals surface area contributed by atoms with E-state index in [0.717, 1.165) is 6.07 Å². The van der Waals surface area contributed by atoms with E-state index < -0.39 is 42.2 Å². The maximum Gasteiger partial charge on any atom is 0.341 e. The minimum absolute atomic E-state index is 0.0597. The highest BCUT2D eigenvalue weighted by Gasteiger charge is 2.39. The van der Waals surface area contributed by atoms with Gasteiger partial charge in [-0.1, -0.05) is 0 Å². The summed E-state index contributed by atoms with van der Waals surface area (Å²) in [7, 11) is 0. The van der Waals surface area contributed by atoms with Gasteiger partial charge in [0.1, 0.15) is 6.04 Å². The monoisotopic (exact) mass is 336 g/mol. The molecule has 9 heteroatoms. The molecule has 126 valence electrons. The van der Waals surface area contributed by atoms with Gasteiger partial charge in [0, 0.05) is 18.5 Å². The molecule has 8 nitrogen and oxygen atoms in total. The van der Waals surface area contributed by atoms with Gasteiger partial charge in [0.05, 0.1) is 0 Å². The normalized spacial score (nSPS) is 20.0. The molecular weight excluding hydrogens is 323 g/mol. The van der Waals surface area contributed by atoms with Crippen LogP contribution in [0.5, 0.6) is 5.75 Å². The number of halogens is 1. The topological polar surface area (TPSA) is 113 Å². The Morgan fingerprint density at radius 1 is 1.38 bits per heavy atom. The van der Waals surface area contributed by atoms with E-state index in [4.69, 9.17) is 9.84 Å². The number of benzene rings is 1. The van der Waals surface area contributed by atoms with Gasteiger partial charge in [-0.15, -0.1) is 0 Å². The van der Waals surface area contributed by atoms with Gasteiger partial charge in [-0.2, -0.15) is 0 Å². The number of amides is 3. The number of ether oxygens (including phenoxy) is 1. The summed E-state index contributed by atoms with van der Waals surface area (Å²) in [5.74, 6) is -3.84. The van der Waals surface area contributed by atoms with Crippen LogP contribution in [0.25, 0.3) is 0 Å². The lowest BCUT2D eigenvalue weighted by Crippen LogP contribution is -2.52. The number of carboxylic acids is 1. The van der Waals surface area contributed by atoms with Gasteiger partial charge in [-0.3, -0.25) is 19.7 Å². The first-order valence-corrected chi connectivity index (χ1v) is 7.18. The predicted molar refractivity (Wildman–Crippen MR) is 75.6 cm³/mol. The lowest BCUT2D eigenvalue weighted by Gasteiger charge is -2.29. The number of hydrogen-bond acceptors (Lipinski definition) is 5. The molecule has 1 aromatic carbocycles. The number of fused-ring (bicyclic) bond motifs is 1. The number of carboxylic acid groups (broad SMARTS) is 1. The predicted octanol–water partition coefficient (Wildman–Crippen LogP) is 0.0501. The van der Waals surface area contributed by atoms with E-state index in [0.29, 0.717) is 5.56 Å². The molecule has 2 heterocycles. The van der Waals surface area contributed by atoms with Gasteiger partial charge < -0.3 is 14.7 Å². The highest BCUT2D eigenvalue weighted by atomic mass is 19.1. The third-order valence-electron chi connectivity index (χ3n) is 3.93. The fraction of sp³-hybridized carbons (Fsp3) is 0.333. The first-order chi connectivity index (χ1) is 11.4. The van der Waals surface area contributed by atoms with Crippen molar-refractivity contribution in [1.29, 1.82) is 0 Å². The van der Waals surface area contributed by atoms with Gasteiger partial charge in [-0.25, -0.2) is 9.18 Å². The summed E-state index contributed by atoms with van der Waals surface area (Å²) >= 11 is 0. The van der Waals surface area contributed by atoms with Crippen LogP contribution < -0.4 is 10.1 Å². The van der Waals surface area contributed by atoms with E-state index in [1.165, 1.54) is 11.0 Å². The van der Waals surface area contributed by atoms with Crippen molar-refractivity contribution >= 4 is 23.7 Å². The quantitative estimate of drug-likeness (QED) is 0.751. The number of piperidine rings is 1. The van der Waals surface area contributed by atoms with Crippen molar-refractivity contribution in [3.63, 3.8) is 0 Å². The summed E-state index contributed by atoms with van der Waals surface area (Å²) < 4.78 is 18.8. The van der Waals surface area contributed by atoms with Crippen LogP contribution in [0.3, 0.4) is 0 Å². The van der Waals surface area contributed by atoms with Crippen molar-refractivity contribution in [1.82, 2.24) is 10.2 Å². The Morgan fingerprint density at radius 3 is 2.79 bits per heavy atom. The third-order valence-corrected chi connectivity index (χ3v) is 3.93. The summed E-state index contributed by atoms with van der Waals surface area (Å²) in [6, 6.07) is 1.44. The molecule has 1 unspecified atom stereocenters. The number of nitrogens with zero attached hydrogens (tertiary/aromatic N) is 1. The van der Waals surface area contributed by atoms with Gasteiger partial charge >= 0.3 is 5.97 Å². The molecule has 2 N–H and O–H groups in total. The molecule has 1 saturated heterocycles. The number of imide groups is 1. The van der Waals surface area contributed by atoms with E-state index in [1.807, 2.05) is 0 Å². The number of nitrogens with one attached hydrogen (secondary N) is 1. The maximum absolute atomic E-state index is 14.0. The summed E-state index contributed by atoms with van der Waals surface area (Å²) in [6.07, 6.45) is 0.327. The molecule has 1 aromatic rings. The van der Waals surface area contributed by atoms with Crippen molar-refractivity contribution in [3.05, 3.63) is 29.1 Å². The molecule has 0 aliphatic carbocycles. The second-order valence-electron chi connectivity index (χ2n) is 5.52. The van der Waals surface area contributed by atoms with E-state index in [-0.39, 0.29) is 30.7 Å². The van der Waals surface area contributed by atoms with Crippen molar-refractivity contribution in [2.75, 3.05) is 6.61 Å². The Balaban J connectivity index is 1.83. The molecule has 0 aromatic heterocycles. The molecule has 2 aliphatic heterocycles. The van der Waals surface area contributed by atoms with Crippen LogP contribution in [0.2, 0.25) is 0 Å². The van der Waals surface area contributed by atoms with Crippen LogP contribution in [0.4, 0.5) is 4.39 Å². The van der Waals surface area contributed by atoms with Crippen LogP contribution in [0.15, 0.2) is 12.1 Å². The molecule has 0 radical (unpaired) electrons. The Morgan fingerprint density at radius 2 is 2.12 bits per heavy atom. The second kappa shape index (κ2) is 5.91. The lowest BCUT2D eigenvalue weighted by molar-refractivity contribution is -0.139. The number of aliphatic carboxylic acids is 1. The Bertz CT molecular complexity index is 763. The fourth-order valence-corrected chi connectivity index (χ4v) is 2.82. The molecule has 0 saturated carbocycles. The minimum atomic E-state index is -1.25. The molecule has 3 amide bonds. The van der Waals surface area contributed by atoms with E-state index in [1.54, 1.807) is 0 Å².